The van der Waals surface area contributed by atoms with Crippen LogP contribution in [0.4, 0.5) is 0 Å². The molecule has 3 aromatic carbocycles. The summed E-state index contributed by atoms with van der Waals surface area (Å²) in [7, 11) is 0. The Bertz CT molecular complexity index is 986. The molecule has 0 saturated carbocycles. The molecule has 134 valence electrons. The average molecular weight is 351 g/mol. The van der Waals surface area contributed by atoms with E-state index < -0.39 is 0 Å². The van der Waals surface area contributed by atoms with E-state index in [0.717, 1.165) is 11.1 Å². The van der Waals surface area contributed by atoms with E-state index in [9.17, 15) is 0 Å². The lowest BCUT2D eigenvalue weighted by Gasteiger charge is -2.18. The van der Waals surface area contributed by atoms with Crippen LogP contribution in [0.2, 0.25) is 0 Å². The second-order valence-electron chi connectivity index (χ2n) is 7.86. The van der Waals surface area contributed by atoms with Crippen LogP contribution in [0.5, 0.6) is 0 Å². The van der Waals surface area contributed by atoms with Gasteiger partial charge in [0.05, 0.1) is 0 Å². The first-order valence-corrected chi connectivity index (χ1v) is 9.39. The molecule has 0 spiro atoms. The van der Waals surface area contributed by atoms with E-state index in [4.69, 9.17) is 0 Å². The van der Waals surface area contributed by atoms with E-state index in [2.05, 4.69) is 112 Å². The molecule has 0 unspecified atom stereocenters. The van der Waals surface area contributed by atoms with Crippen LogP contribution in [0, 0.1) is 11.8 Å². The standard InChI is InChI=1S/C27H26/c1-21(20-23-10-6-5-7-11-23)26-13-9-8-12-24(26)17-14-22-15-18-25(19-16-22)27(2,3)4/h5-13,15-16,18-20H,1-4H3/b21-20+. The van der Waals surface area contributed by atoms with Crippen molar-refractivity contribution in [2.24, 2.45) is 0 Å². The van der Waals surface area contributed by atoms with Gasteiger partial charge in [-0.15, -0.1) is 0 Å². The van der Waals surface area contributed by atoms with E-state index in [1.807, 2.05) is 12.1 Å². The predicted molar refractivity (Wildman–Crippen MR) is 118 cm³/mol. The van der Waals surface area contributed by atoms with Crippen LogP contribution in [0.15, 0.2) is 78.9 Å². The monoisotopic (exact) mass is 350 g/mol. The Labute approximate surface area is 163 Å². The molecule has 0 fully saturated rings. The fourth-order valence-corrected chi connectivity index (χ4v) is 3.01. The van der Waals surface area contributed by atoms with Crippen LogP contribution in [0.25, 0.3) is 11.6 Å². The van der Waals surface area contributed by atoms with Gasteiger partial charge < -0.3 is 0 Å². The lowest BCUT2D eigenvalue weighted by atomic mass is 9.87. The van der Waals surface area contributed by atoms with Crippen molar-refractivity contribution in [2.75, 3.05) is 0 Å². The minimum atomic E-state index is 0.165. The Morgan fingerprint density at radius 3 is 2.04 bits per heavy atom. The highest BCUT2D eigenvalue weighted by Gasteiger charge is 2.12. The third-order valence-corrected chi connectivity index (χ3v) is 4.63. The molecule has 3 aromatic rings. The van der Waals surface area contributed by atoms with Crippen molar-refractivity contribution >= 4 is 11.6 Å². The first-order chi connectivity index (χ1) is 12.9. The topological polar surface area (TPSA) is 0 Å². The van der Waals surface area contributed by atoms with Crippen LogP contribution in [0.1, 0.15) is 55.5 Å². The van der Waals surface area contributed by atoms with Crippen molar-refractivity contribution in [1.82, 2.24) is 0 Å². The summed E-state index contributed by atoms with van der Waals surface area (Å²) < 4.78 is 0. The number of hydrogen-bond acceptors (Lipinski definition) is 0. The number of benzene rings is 3. The van der Waals surface area contributed by atoms with E-state index in [0.29, 0.717) is 0 Å². The minimum Gasteiger partial charge on any atom is -0.0622 e. The zero-order valence-corrected chi connectivity index (χ0v) is 16.6. The van der Waals surface area contributed by atoms with Crippen LogP contribution in [-0.2, 0) is 5.41 Å². The SMILES string of the molecule is C/C(=C\c1ccccc1)c1ccccc1C#Cc1ccc(C(C)(C)C)cc1. The molecule has 0 bridgehead atoms. The molecule has 0 amide bonds. The summed E-state index contributed by atoms with van der Waals surface area (Å²) in [5.41, 5.74) is 7.20. The van der Waals surface area contributed by atoms with Gasteiger partial charge in [0.15, 0.2) is 0 Å². The molecule has 0 aromatic heterocycles. The van der Waals surface area contributed by atoms with Gasteiger partial charge in [-0.2, -0.15) is 0 Å². The summed E-state index contributed by atoms with van der Waals surface area (Å²) in [6.45, 7) is 8.83. The molecular weight excluding hydrogens is 324 g/mol. The van der Waals surface area contributed by atoms with Gasteiger partial charge in [-0.1, -0.05) is 99.4 Å². The second-order valence-corrected chi connectivity index (χ2v) is 7.86. The third-order valence-electron chi connectivity index (χ3n) is 4.63. The average Bonchev–Trinajstić information content (AvgIpc) is 2.67. The van der Waals surface area contributed by atoms with Gasteiger partial charge >= 0.3 is 0 Å². The summed E-state index contributed by atoms with van der Waals surface area (Å²) in [5.74, 6) is 6.69. The van der Waals surface area contributed by atoms with E-state index in [-0.39, 0.29) is 5.41 Å². The number of allylic oxidation sites excluding steroid dienone is 1. The molecule has 0 nitrogen and oxygen atoms in total. The van der Waals surface area contributed by atoms with Crippen molar-refractivity contribution in [3.05, 3.63) is 107 Å². The molecule has 3 rings (SSSR count). The van der Waals surface area contributed by atoms with Gasteiger partial charge in [-0.25, -0.2) is 0 Å². The van der Waals surface area contributed by atoms with Crippen molar-refractivity contribution in [1.29, 1.82) is 0 Å². The quantitative estimate of drug-likeness (QED) is 0.347. The summed E-state index contributed by atoms with van der Waals surface area (Å²) >= 11 is 0. The van der Waals surface area contributed by atoms with Gasteiger partial charge in [0.1, 0.15) is 0 Å². The summed E-state index contributed by atoms with van der Waals surface area (Å²) in [6.07, 6.45) is 2.21. The summed E-state index contributed by atoms with van der Waals surface area (Å²) in [4.78, 5) is 0. The minimum absolute atomic E-state index is 0.165. The first-order valence-electron chi connectivity index (χ1n) is 9.39. The zero-order valence-electron chi connectivity index (χ0n) is 16.6. The van der Waals surface area contributed by atoms with Crippen LogP contribution >= 0.6 is 0 Å². The maximum atomic E-state index is 3.36. The first kappa shape index (κ1) is 18.7. The normalized spacial score (nSPS) is 11.6. The Morgan fingerprint density at radius 2 is 1.37 bits per heavy atom. The van der Waals surface area contributed by atoms with Crippen LogP contribution in [-0.4, -0.2) is 0 Å². The maximum absolute atomic E-state index is 3.36. The highest BCUT2D eigenvalue weighted by molar-refractivity contribution is 5.82. The summed E-state index contributed by atoms with van der Waals surface area (Å²) in [6, 6.07) is 27.3. The third kappa shape index (κ3) is 4.99. The molecule has 0 atom stereocenters. The number of rotatable bonds is 2. The molecular formula is C27H26. The molecule has 0 heteroatoms. The second kappa shape index (κ2) is 8.11. The molecule has 0 radical (unpaired) electrons. The van der Waals surface area contributed by atoms with Gasteiger partial charge in [-0.05, 0) is 52.8 Å². The van der Waals surface area contributed by atoms with Gasteiger partial charge in [0, 0.05) is 11.1 Å². The van der Waals surface area contributed by atoms with Crippen molar-refractivity contribution in [3.8, 4) is 11.8 Å². The Hall–Kier alpha value is -3.04. The molecule has 0 N–H and O–H groups in total. The van der Waals surface area contributed by atoms with Gasteiger partial charge in [0.25, 0.3) is 0 Å². The number of hydrogen-bond donors (Lipinski definition) is 0. The Kier molecular flexibility index (Phi) is 5.63. The fraction of sp³-hybridized carbons (Fsp3) is 0.185. The van der Waals surface area contributed by atoms with Crippen LogP contribution in [0.3, 0.4) is 0 Å². The molecule has 0 aliphatic rings. The van der Waals surface area contributed by atoms with Crippen LogP contribution < -0.4 is 0 Å². The fourth-order valence-electron chi connectivity index (χ4n) is 3.01. The predicted octanol–water partition coefficient (Wildman–Crippen LogP) is 6.94. The molecule has 0 aliphatic heterocycles. The van der Waals surface area contributed by atoms with Gasteiger partial charge in [-0.3, -0.25) is 0 Å². The Morgan fingerprint density at radius 1 is 0.741 bits per heavy atom. The van der Waals surface area contributed by atoms with Gasteiger partial charge in [0.2, 0.25) is 0 Å². The van der Waals surface area contributed by atoms with E-state index in [1.165, 1.54) is 22.3 Å². The molecule has 27 heavy (non-hydrogen) atoms. The van der Waals surface area contributed by atoms with Crippen molar-refractivity contribution in [2.45, 2.75) is 33.1 Å². The van der Waals surface area contributed by atoms with Crippen molar-refractivity contribution < 1.29 is 0 Å². The summed E-state index contributed by atoms with van der Waals surface area (Å²) in [5, 5.41) is 0. The zero-order chi connectivity index (χ0) is 19.3. The lowest BCUT2D eigenvalue weighted by Crippen LogP contribution is -2.10. The van der Waals surface area contributed by atoms with E-state index >= 15 is 0 Å². The molecule has 0 saturated heterocycles. The highest BCUT2D eigenvalue weighted by atomic mass is 14.2. The van der Waals surface area contributed by atoms with E-state index in [1.54, 1.807) is 0 Å². The molecule has 0 aliphatic carbocycles. The van der Waals surface area contributed by atoms with Crippen molar-refractivity contribution in [3.63, 3.8) is 0 Å². The largest absolute Gasteiger partial charge is 0.0622 e. The molecule has 0 heterocycles. The Balaban J connectivity index is 1.90. The maximum Gasteiger partial charge on any atom is 0.0324 e. The smallest absolute Gasteiger partial charge is 0.0324 e. The lowest BCUT2D eigenvalue weighted by molar-refractivity contribution is 0.590. The highest BCUT2D eigenvalue weighted by Crippen LogP contribution is 2.23.